The quantitative estimate of drug-likeness (QED) is 0.790. The molecule has 1 rings (SSSR count). The zero-order chi connectivity index (χ0) is 12.0. The lowest BCUT2D eigenvalue weighted by Gasteiger charge is -2.25. The second kappa shape index (κ2) is 6.45. The van der Waals surface area contributed by atoms with Crippen molar-refractivity contribution in [3.63, 3.8) is 0 Å². The minimum atomic E-state index is -4.02. The van der Waals surface area contributed by atoms with Crippen LogP contribution in [-0.2, 0) is 0 Å². The Morgan fingerprint density at radius 3 is 2.38 bits per heavy atom. The molecular formula is C11H21F3N2. The molecule has 0 unspecified atom stereocenters. The maximum absolute atomic E-state index is 12.0. The highest BCUT2D eigenvalue weighted by Gasteiger charge is 2.27. The topological polar surface area (TPSA) is 15.3 Å². The SMILES string of the molecule is CN(CCC1CCNCC1)CCC(F)(F)F. The number of halogens is 3. The summed E-state index contributed by atoms with van der Waals surface area (Å²) in [6, 6.07) is 0. The van der Waals surface area contributed by atoms with Crippen LogP contribution in [0.2, 0.25) is 0 Å². The van der Waals surface area contributed by atoms with Crippen molar-refractivity contribution in [1.29, 1.82) is 0 Å². The van der Waals surface area contributed by atoms with Crippen molar-refractivity contribution in [2.45, 2.75) is 31.9 Å². The number of hydrogen-bond acceptors (Lipinski definition) is 2. The molecule has 96 valence electrons. The molecule has 0 saturated carbocycles. The highest BCUT2D eigenvalue weighted by atomic mass is 19.4. The van der Waals surface area contributed by atoms with Gasteiger partial charge in [0, 0.05) is 6.54 Å². The maximum Gasteiger partial charge on any atom is 0.390 e. The highest BCUT2D eigenvalue weighted by molar-refractivity contribution is 4.70. The fraction of sp³-hybridized carbons (Fsp3) is 1.00. The van der Waals surface area contributed by atoms with Crippen LogP contribution in [0.4, 0.5) is 13.2 Å². The molecule has 0 radical (unpaired) electrons. The normalized spacial score (nSPS) is 19.3. The van der Waals surface area contributed by atoms with E-state index in [0.29, 0.717) is 5.92 Å². The number of nitrogens with one attached hydrogen (secondary N) is 1. The average Bonchev–Trinajstić information content (AvgIpc) is 2.24. The third-order valence-corrected chi connectivity index (χ3v) is 3.15. The van der Waals surface area contributed by atoms with Gasteiger partial charge in [-0.05, 0) is 51.9 Å². The summed E-state index contributed by atoms with van der Waals surface area (Å²) >= 11 is 0. The first-order chi connectivity index (χ1) is 7.47. The van der Waals surface area contributed by atoms with E-state index in [1.165, 1.54) is 0 Å². The monoisotopic (exact) mass is 238 g/mol. The van der Waals surface area contributed by atoms with Gasteiger partial charge in [0.05, 0.1) is 6.42 Å². The molecule has 2 nitrogen and oxygen atoms in total. The van der Waals surface area contributed by atoms with Crippen LogP contribution >= 0.6 is 0 Å². The van der Waals surface area contributed by atoms with Crippen LogP contribution in [0.25, 0.3) is 0 Å². The van der Waals surface area contributed by atoms with Gasteiger partial charge in [0.15, 0.2) is 0 Å². The molecule has 0 aromatic carbocycles. The third-order valence-electron chi connectivity index (χ3n) is 3.15. The standard InChI is InChI=1S/C11H21F3N2/c1-16(9-5-11(12,13)14)8-4-10-2-6-15-7-3-10/h10,15H,2-9H2,1H3. The van der Waals surface area contributed by atoms with Gasteiger partial charge in [-0.3, -0.25) is 0 Å². The third kappa shape index (κ3) is 6.33. The first kappa shape index (κ1) is 13.8. The Bertz CT molecular complexity index is 188. The van der Waals surface area contributed by atoms with Crippen LogP contribution in [-0.4, -0.2) is 44.3 Å². The van der Waals surface area contributed by atoms with E-state index in [0.717, 1.165) is 38.9 Å². The van der Waals surface area contributed by atoms with Crippen LogP contribution in [0, 0.1) is 5.92 Å². The molecular weight excluding hydrogens is 217 g/mol. The van der Waals surface area contributed by atoms with Crippen LogP contribution in [0.5, 0.6) is 0 Å². The van der Waals surface area contributed by atoms with Crippen molar-refractivity contribution in [2.24, 2.45) is 5.92 Å². The lowest BCUT2D eigenvalue weighted by molar-refractivity contribution is -0.137. The molecule has 0 spiro atoms. The molecule has 1 heterocycles. The Labute approximate surface area is 95.2 Å². The smallest absolute Gasteiger partial charge is 0.317 e. The highest BCUT2D eigenvalue weighted by Crippen LogP contribution is 2.20. The zero-order valence-electron chi connectivity index (χ0n) is 9.82. The number of hydrogen-bond donors (Lipinski definition) is 1. The van der Waals surface area contributed by atoms with Crippen molar-refractivity contribution in [3.8, 4) is 0 Å². The lowest BCUT2D eigenvalue weighted by atomic mass is 9.94. The van der Waals surface area contributed by atoms with E-state index in [1.807, 2.05) is 0 Å². The fourth-order valence-corrected chi connectivity index (χ4v) is 2.00. The van der Waals surface area contributed by atoms with Crippen LogP contribution in [0.15, 0.2) is 0 Å². The molecule has 1 saturated heterocycles. The molecule has 0 aromatic rings. The molecule has 0 aliphatic carbocycles. The van der Waals surface area contributed by atoms with E-state index in [9.17, 15) is 13.2 Å². The Hall–Kier alpha value is -0.290. The van der Waals surface area contributed by atoms with E-state index in [-0.39, 0.29) is 6.54 Å². The Morgan fingerprint density at radius 1 is 1.19 bits per heavy atom. The molecule has 1 fully saturated rings. The summed E-state index contributed by atoms with van der Waals surface area (Å²) in [7, 11) is 1.77. The summed E-state index contributed by atoms with van der Waals surface area (Å²) in [5.74, 6) is 0.689. The van der Waals surface area contributed by atoms with Gasteiger partial charge in [-0.25, -0.2) is 0 Å². The molecule has 0 atom stereocenters. The molecule has 16 heavy (non-hydrogen) atoms. The van der Waals surface area contributed by atoms with Crippen molar-refractivity contribution in [2.75, 3.05) is 33.2 Å². The largest absolute Gasteiger partial charge is 0.390 e. The molecule has 1 N–H and O–H groups in total. The predicted octanol–water partition coefficient (Wildman–Crippen LogP) is 2.26. The van der Waals surface area contributed by atoms with Gasteiger partial charge in [-0.2, -0.15) is 13.2 Å². The van der Waals surface area contributed by atoms with Crippen molar-refractivity contribution < 1.29 is 13.2 Å². The summed E-state index contributed by atoms with van der Waals surface area (Å²) in [6.07, 6.45) is -1.38. The van der Waals surface area contributed by atoms with Crippen LogP contribution < -0.4 is 5.32 Å². The van der Waals surface area contributed by atoms with E-state index >= 15 is 0 Å². The number of rotatable bonds is 5. The van der Waals surface area contributed by atoms with Crippen molar-refractivity contribution in [3.05, 3.63) is 0 Å². The Morgan fingerprint density at radius 2 is 1.81 bits per heavy atom. The predicted molar refractivity (Wildman–Crippen MR) is 58.4 cm³/mol. The lowest BCUT2D eigenvalue weighted by Crippen LogP contribution is -2.31. The first-order valence-electron chi connectivity index (χ1n) is 5.93. The van der Waals surface area contributed by atoms with Gasteiger partial charge in [0.25, 0.3) is 0 Å². The molecule has 0 aromatic heterocycles. The summed E-state index contributed by atoms with van der Waals surface area (Å²) in [4.78, 5) is 1.79. The zero-order valence-corrected chi connectivity index (χ0v) is 9.82. The average molecular weight is 238 g/mol. The van der Waals surface area contributed by atoms with E-state index in [4.69, 9.17) is 0 Å². The minimum absolute atomic E-state index is 0.120. The van der Waals surface area contributed by atoms with E-state index < -0.39 is 12.6 Å². The number of nitrogens with zero attached hydrogens (tertiary/aromatic N) is 1. The van der Waals surface area contributed by atoms with Gasteiger partial charge in [-0.15, -0.1) is 0 Å². The summed E-state index contributed by atoms with van der Waals surface area (Å²) in [5.41, 5.74) is 0. The van der Waals surface area contributed by atoms with E-state index in [2.05, 4.69) is 5.32 Å². The second-order valence-electron chi connectivity index (χ2n) is 4.65. The Kier molecular flexibility index (Phi) is 5.55. The minimum Gasteiger partial charge on any atom is -0.317 e. The van der Waals surface area contributed by atoms with Crippen molar-refractivity contribution >= 4 is 0 Å². The van der Waals surface area contributed by atoms with Gasteiger partial charge in [0.1, 0.15) is 0 Å². The van der Waals surface area contributed by atoms with Gasteiger partial charge in [-0.1, -0.05) is 0 Å². The second-order valence-corrected chi connectivity index (χ2v) is 4.65. The Balaban J connectivity index is 2.07. The molecule has 5 heteroatoms. The molecule has 1 aliphatic rings. The molecule has 0 bridgehead atoms. The van der Waals surface area contributed by atoms with Crippen molar-refractivity contribution in [1.82, 2.24) is 10.2 Å². The number of piperidine rings is 1. The summed E-state index contributed by atoms with van der Waals surface area (Å²) in [5, 5.41) is 3.29. The fourth-order valence-electron chi connectivity index (χ4n) is 2.00. The van der Waals surface area contributed by atoms with E-state index in [1.54, 1.807) is 11.9 Å². The molecule has 0 amide bonds. The summed E-state index contributed by atoms with van der Waals surface area (Å²) in [6.45, 7) is 3.00. The van der Waals surface area contributed by atoms with Gasteiger partial charge >= 0.3 is 6.18 Å². The molecule has 1 aliphatic heterocycles. The van der Waals surface area contributed by atoms with Crippen LogP contribution in [0.3, 0.4) is 0 Å². The maximum atomic E-state index is 12.0. The van der Waals surface area contributed by atoms with Gasteiger partial charge < -0.3 is 10.2 Å². The van der Waals surface area contributed by atoms with Crippen LogP contribution in [0.1, 0.15) is 25.7 Å². The summed E-state index contributed by atoms with van der Waals surface area (Å²) < 4.78 is 35.9. The number of alkyl halides is 3. The first-order valence-corrected chi connectivity index (χ1v) is 5.93. The van der Waals surface area contributed by atoms with Gasteiger partial charge in [0.2, 0.25) is 0 Å².